The molecule has 0 radical (unpaired) electrons. The molecule has 0 bridgehead atoms. The molecule has 6 heteroatoms. The monoisotopic (exact) mass is 294 g/mol. The summed E-state index contributed by atoms with van der Waals surface area (Å²) in [6, 6.07) is 6.32. The normalized spacial score (nSPS) is 12.1. The average molecular weight is 294 g/mol. The zero-order valence-corrected chi connectivity index (χ0v) is 13.2. The van der Waals surface area contributed by atoms with Crippen molar-refractivity contribution in [1.82, 2.24) is 0 Å². The minimum atomic E-state index is -1.19. The van der Waals surface area contributed by atoms with E-state index in [2.05, 4.69) is 0 Å². The standard InChI is InChI=1S/C15H23BO5/c1-6-20-13(17)11-7-9-12(10-8-11)16(19)21-15(4,5)14(2,3)18/h7-10,18-19H,6H2,1-5H3. The van der Waals surface area contributed by atoms with Gasteiger partial charge in [0.05, 0.1) is 23.4 Å². The molecule has 1 aromatic rings. The molecule has 0 aliphatic carbocycles. The molecule has 0 aliphatic rings. The van der Waals surface area contributed by atoms with Crippen LogP contribution in [0.1, 0.15) is 45.0 Å². The lowest BCUT2D eigenvalue weighted by Gasteiger charge is -2.38. The van der Waals surface area contributed by atoms with Gasteiger partial charge in [0.25, 0.3) is 0 Å². The molecule has 2 N–H and O–H groups in total. The van der Waals surface area contributed by atoms with Crippen molar-refractivity contribution in [1.29, 1.82) is 0 Å². The van der Waals surface area contributed by atoms with Gasteiger partial charge in [0.1, 0.15) is 0 Å². The van der Waals surface area contributed by atoms with E-state index in [4.69, 9.17) is 9.39 Å². The van der Waals surface area contributed by atoms with Gasteiger partial charge in [-0.15, -0.1) is 0 Å². The molecule has 116 valence electrons. The molecular formula is C15H23BO5. The fourth-order valence-corrected chi connectivity index (χ4v) is 1.49. The van der Waals surface area contributed by atoms with E-state index in [9.17, 15) is 14.9 Å². The Balaban J connectivity index is 2.80. The zero-order chi connectivity index (χ0) is 16.3. The third-order valence-electron chi connectivity index (χ3n) is 3.59. The van der Waals surface area contributed by atoms with Gasteiger partial charge in [-0.2, -0.15) is 0 Å². The number of benzene rings is 1. The van der Waals surface area contributed by atoms with Gasteiger partial charge in [-0.25, -0.2) is 4.79 Å². The summed E-state index contributed by atoms with van der Waals surface area (Å²) in [5, 5.41) is 20.1. The summed E-state index contributed by atoms with van der Waals surface area (Å²) in [5.74, 6) is -0.406. The summed E-state index contributed by atoms with van der Waals surface area (Å²) in [6.45, 7) is 8.67. The van der Waals surface area contributed by atoms with Crippen LogP contribution in [0.5, 0.6) is 0 Å². The van der Waals surface area contributed by atoms with Crippen LogP contribution in [0.15, 0.2) is 24.3 Å². The molecular weight excluding hydrogens is 271 g/mol. The van der Waals surface area contributed by atoms with Crippen LogP contribution in [0.2, 0.25) is 0 Å². The first kappa shape index (κ1) is 17.7. The van der Waals surface area contributed by atoms with Gasteiger partial charge in [-0.05, 0) is 52.2 Å². The lowest BCUT2D eigenvalue weighted by Crippen LogP contribution is -2.53. The number of rotatable bonds is 6. The summed E-state index contributed by atoms with van der Waals surface area (Å²) in [6.07, 6.45) is 0. The molecule has 1 rings (SSSR count). The van der Waals surface area contributed by atoms with Gasteiger partial charge >= 0.3 is 13.1 Å². The fraction of sp³-hybridized carbons (Fsp3) is 0.533. The van der Waals surface area contributed by atoms with Crippen LogP contribution >= 0.6 is 0 Å². The molecule has 0 unspecified atom stereocenters. The number of hydrogen-bond acceptors (Lipinski definition) is 5. The Morgan fingerprint density at radius 3 is 2.14 bits per heavy atom. The molecule has 0 aliphatic heterocycles. The number of carbonyl (C=O) groups excluding carboxylic acids is 1. The van der Waals surface area contributed by atoms with Gasteiger partial charge < -0.3 is 19.5 Å². The molecule has 5 nitrogen and oxygen atoms in total. The van der Waals surface area contributed by atoms with Crippen LogP contribution in [0.3, 0.4) is 0 Å². The highest BCUT2D eigenvalue weighted by atomic mass is 16.5. The Morgan fingerprint density at radius 2 is 1.71 bits per heavy atom. The second kappa shape index (κ2) is 6.60. The van der Waals surface area contributed by atoms with Crippen molar-refractivity contribution in [3.63, 3.8) is 0 Å². The Hall–Kier alpha value is -1.37. The second-order valence-corrected chi connectivity index (χ2v) is 5.88. The molecule has 21 heavy (non-hydrogen) atoms. The van der Waals surface area contributed by atoms with E-state index in [0.29, 0.717) is 17.6 Å². The number of ether oxygens (including phenoxy) is 1. The Labute approximate surface area is 126 Å². The Morgan fingerprint density at radius 1 is 1.19 bits per heavy atom. The van der Waals surface area contributed by atoms with E-state index in [-0.39, 0.29) is 0 Å². The maximum atomic E-state index is 11.5. The van der Waals surface area contributed by atoms with E-state index < -0.39 is 24.3 Å². The van der Waals surface area contributed by atoms with E-state index in [0.717, 1.165) is 0 Å². The maximum Gasteiger partial charge on any atom is 0.491 e. The lowest BCUT2D eigenvalue weighted by molar-refractivity contribution is -0.0982. The summed E-state index contributed by atoms with van der Waals surface area (Å²) >= 11 is 0. The van der Waals surface area contributed by atoms with Gasteiger partial charge in [0.2, 0.25) is 0 Å². The third kappa shape index (κ3) is 4.56. The van der Waals surface area contributed by atoms with Crippen LogP contribution in [0.4, 0.5) is 0 Å². The molecule has 0 saturated carbocycles. The summed E-state index contributed by atoms with van der Waals surface area (Å²) < 4.78 is 10.4. The number of esters is 1. The van der Waals surface area contributed by atoms with Crippen molar-refractivity contribution in [3.05, 3.63) is 29.8 Å². The zero-order valence-electron chi connectivity index (χ0n) is 13.2. The van der Waals surface area contributed by atoms with Crippen molar-refractivity contribution in [3.8, 4) is 0 Å². The summed E-state index contributed by atoms with van der Waals surface area (Å²) in [4.78, 5) is 11.5. The minimum absolute atomic E-state index is 0.312. The smallest absolute Gasteiger partial charge is 0.462 e. The first-order valence-corrected chi connectivity index (χ1v) is 6.94. The highest BCUT2D eigenvalue weighted by Gasteiger charge is 2.39. The Kier molecular flexibility index (Phi) is 5.56. The minimum Gasteiger partial charge on any atom is -0.462 e. The topological polar surface area (TPSA) is 76.0 Å². The van der Waals surface area contributed by atoms with E-state index >= 15 is 0 Å². The van der Waals surface area contributed by atoms with Gasteiger partial charge in [0, 0.05) is 0 Å². The Bertz CT molecular complexity index is 476. The van der Waals surface area contributed by atoms with Gasteiger partial charge in [-0.3, -0.25) is 0 Å². The molecule has 0 heterocycles. The van der Waals surface area contributed by atoms with Crippen LogP contribution in [-0.2, 0) is 9.39 Å². The van der Waals surface area contributed by atoms with Crippen molar-refractivity contribution in [2.75, 3.05) is 6.61 Å². The highest BCUT2D eigenvalue weighted by molar-refractivity contribution is 6.60. The molecule has 0 saturated heterocycles. The van der Waals surface area contributed by atoms with Crippen LogP contribution < -0.4 is 5.46 Å². The van der Waals surface area contributed by atoms with Crippen LogP contribution in [-0.4, -0.2) is 41.0 Å². The number of aliphatic hydroxyl groups is 1. The maximum absolute atomic E-state index is 11.5. The summed E-state index contributed by atoms with van der Waals surface area (Å²) in [7, 11) is -1.19. The van der Waals surface area contributed by atoms with E-state index in [1.807, 2.05) is 0 Å². The van der Waals surface area contributed by atoms with Crippen molar-refractivity contribution < 1.29 is 24.3 Å². The predicted octanol–water partition coefficient (Wildman–Crippen LogP) is 1.12. The van der Waals surface area contributed by atoms with Crippen LogP contribution in [0.25, 0.3) is 0 Å². The summed E-state index contributed by atoms with van der Waals surface area (Å²) in [5.41, 5.74) is -1.14. The van der Waals surface area contributed by atoms with Crippen molar-refractivity contribution >= 4 is 18.6 Å². The predicted molar refractivity (Wildman–Crippen MR) is 81.5 cm³/mol. The highest BCUT2D eigenvalue weighted by Crippen LogP contribution is 2.25. The molecule has 0 aromatic heterocycles. The molecule has 0 atom stereocenters. The van der Waals surface area contributed by atoms with E-state index in [1.165, 1.54) is 0 Å². The SMILES string of the molecule is CCOC(=O)c1ccc(B(O)OC(C)(C)C(C)(C)O)cc1. The van der Waals surface area contributed by atoms with Crippen molar-refractivity contribution in [2.24, 2.45) is 0 Å². The van der Waals surface area contributed by atoms with E-state index in [1.54, 1.807) is 58.9 Å². The first-order chi connectivity index (χ1) is 9.58. The largest absolute Gasteiger partial charge is 0.491 e. The molecule has 0 amide bonds. The quantitative estimate of drug-likeness (QED) is 0.607. The van der Waals surface area contributed by atoms with Gasteiger partial charge in [-0.1, -0.05) is 12.1 Å². The molecule has 0 spiro atoms. The third-order valence-corrected chi connectivity index (χ3v) is 3.59. The number of carbonyl (C=O) groups is 1. The number of hydrogen-bond donors (Lipinski definition) is 2. The fourth-order valence-electron chi connectivity index (χ4n) is 1.49. The second-order valence-electron chi connectivity index (χ2n) is 5.88. The lowest BCUT2D eigenvalue weighted by atomic mass is 9.76. The van der Waals surface area contributed by atoms with Crippen LogP contribution in [0, 0.1) is 0 Å². The average Bonchev–Trinajstić information content (AvgIpc) is 2.37. The molecule has 0 fully saturated rings. The van der Waals surface area contributed by atoms with Crippen molar-refractivity contribution in [2.45, 2.75) is 45.8 Å². The first-order valence-electron chi connectivity index (χ1n) is 6.94. The molecule has 1 aromatic carbocycles. The van der Waals surface area contributed by atoms with Gasteiger partial charge in [0.15, 0.2) is 0 Å².